The van der Waals surface area contributed by atoms with Gasteiger partial charge in [0.2, 0.25) is 5.91 Å². The van der Waals surface area contributed by atoms with Gasteiger partial charge < -0.3 is 5.32 Å². The summed E-state index contributed by atoms with van der Waals surface area (Å²) in [5.74, 6) is -0.264. The normalized spacial score (nSPS) is 21.1. The van der Waals surface area contributed by atoms with E-state index in [-0.39, 0.29) is 17.9 Å². The Balaban J connectivity index is 2.39. The molecular weight excluding hydrogens is 216 g/mol. The molecule has 1 heterocycles. The summed E-state index contributed by atoms with van der Waals surface area (Å²) in [6, 6.07) is 7.08. The van der Waals surface area contributed by atoms with E-state index in [4.69, 9.17) is 0 Å². The van der Waals surface area contributed by atoms with Gasteiger partial charge in [-0.2, -0.15) is 0 Å². The number of nitrogens with one attached hydrogen (secondary N) is 1. The molecule has 1 fully saturated rings. The maximum Gasteiger partial charge on any atom is 0.328 e. The van der Waals surface area contributed by atoms with E-state index in [1.807, 2.05) is 32.0 Å². The zero-order valence-corrected chi connectivity index (χ0v) is 10.1. The summed E-state index contributed by atoms with van der Waals surface area (Å²) in [4.78, 5) is 25.2. The number of benzene rings is 1. The first-order chi connectivity index (χ1) is 8.09. The Bertz CT molecular complexity index is 456. The highest BCUT2D eigenvalue weighted by Gasteiger charge is 2.30. The van der Waals surface area contributed by atoms with E-state index in [9.17, 15) is 9.59 Å². The zero-order chi connectivity index (χ0) is 12.4. The number of aryl methyl sites for hydroxylation is 1. The number of rotatable bonds is 1. The van der Waals surface area contributed by atoms with E-state index in [2.05, 4.69) is 5.32 Å². The van der Waals surface area contributed by atoms with Crippen LogP contribution in [-0.2, 0) is 4.79 Å². The largest absolute Gasteiger partial charge is 0.337 e. The van der Waals surface area contributed by atoms with Crippen LogP contribution in [0.4, 0.5) is 10.5 Å². The van der Waals surface area contributed by atoms with E-state index < -0.39 is 0 Å². The fraction of sp³-hybridized carbons (Fsp3) is 0.385. The van der Waals surface area contributed by atoms with E-state index in [0.29, 0.717) is 18.7 Å². The molecule has 1 N–H and O–H groups in total. The lowest BCUT2D eigenvalue weighted by Crippen LogP contribution is -2.42. The summed E-state index contributed by atoms with van der Waals surface area (Å²) in [5, 5.41) is 2.74. The van der Waals surface area contributed by atoms with Crippen LogP contribution in [-0.4, -0.2) is 18.5 Å². The fourth-order valence-corrected chi connectivity index (χ4v) is 1.93. The molecule has 0 aromatic heterocycles. The third kappa shape index (κ3) is 2.30. The Morgan fingerprint density at radius 1 is 1.35 bits per heavy atom. The number of hydrogen-bond acceptors (Lipinski definition) is 2. The van der Waals surface area contributed by atoms with E-state index >= 15 is 0 Å². The number of amides is 3. The molecule has 3 amide bonds. The smallest absolute Gasteiger partial charge is 0.328 e. The molecule has 1 aliphatic rings. The van der Waals surface area contributed by atoms with Gasteiger partial charge in [-0.05, 0) is 31.0 Å². The Morgan fingerprint density at radius 2 is 2.12 bits per heavy atom. The third-order valence-corrected chi connectivity index (χ3v) is 2.96. The van der Waals surface area contributed by atoms with Crippen molar-refractivity contribution in [3.8, 4) is 0 Å². The summed E-state index contributed by atoms with van der Waals surface area (Å²) in [5.41, 5.74) is 1.67. The molecule has 2 rings (SSSR count). The Morgan fingerprint density at radius 3 is 2.82 bits per heavy atom. The first-order valence-electron chi connectivity index (χ1n) is 5.78. The zero-order valence-electron chi connectivity index (χ0n) is 10.1. The van der Waals surface area contributed by atoms with Gasteiger partial charge in [-0.25, -0.2) is 9.69 Å². The topological polar surface area (TPSA) is 49.4 Å². The molecule has 4 nitrogen and oxygen atoms in total. The summed E-state index contributed by atoms with van der Waals surface area (Å²) < 4.78 is 0. The molecule has 0 saturated carbocycles. The van der Waals surface area contributed by atoms with Crippen molar-refractivity contribution in [1.82, 2.24) is 5.32 Å². The highest BCUT2D eigenvalue weighted by Crippen LogP contribution is 2.21. The van der Waals surface area contributed by atoms with Crippen molar-refractivity contribution in [3.63, 3.8) is 0 Å². The molecule has 0 radical (unpaired) electrons. The quantitative estimate of drug-likeness (QED) is 0.805. The van der Waals surface area contributed by atoms with Gasteiger partial charge in [-0.1, -0.05) is 19.1 Å². The fourth-order valence-electron chi connectivity index (χ4n) is 1.93. The number of nitrogens with zero attached hydrogens (tertiary/aromatic N) is 1. The minimum Gasteiger partial charge on any atom is -0.337 e. The second-order valence-corrected chi connectivity index (χ2v) is 4.43. The molecule has 1 aromatic carbocycles. The van der Waals surface area contributed by atoms with Gasteiger partial charge in [0.25, 0.3) is 0 Å². The van der Waals surface area contributed by atoms with Crippen LogP contribution in [0.3, 0.4) is 0 Å². The van der Waals surface area contributed by atoms with E-state index in [1.165, 1.54) is 4.90 Å². The Labute approximate surface area is 101 Å². The molecule has 0 bridgehead atoms. The van der Waals surface area contributed by atoms with Crippen LogP contribution in [0.25, 0.3) is 0 Å². The van der Waals surface area contributed by atoms with Crippen LogP contribution in [0.2, 0.25) is 0 Å². The number of urea groups is 1. The lowest BCUT2D eigenvalue weighted by atomic mass is 10.1. The van der Waals surface area contributed by atoms with Crippen molar-refractivity contribution in [2.75, 3.05) is 11.4 Å². The van der Waals surface area contributed by atoms with Gasteiger partial charge in [0, 0.05) is 12.5 Å². The molecular formula is C13H16N2O2. The highest BCUT2D eigenvalue weighted by molar-refractivity contribution is 6.15. The maximum absolute atomic E-state index is 12.1. The average Bonchev–Trinajstić information content (AvgIpc) is 2.40. The van der Waals surface area contributed by atoms with Crippen LogP contribution in [0, 0.1) is 12.8 Å². The van der Waals surface area contributed by atoms with Crippen LogP contribution < -0.4 is 10.2 Å². The van der Waals surface area contributed by atoms with Crippen LogP contribution in [0.15, 0.2) is 24.3 Å². The van der Waals surface area contributed by atoms with E-state index in [0.717, 1.165) is 5.56 Å². The lowest BCUT2D eigenvalue weighted by Gasteiger charge is -2.20. The van der Waals surface area contributed by atoms with Crippen molar-refractivity contribution in [2.24, 2.45) is 5.92 Å². The lowest BCUT2D eigenvalue weighted by molar-refractivity contribution is -0.121. The molecule has 0 spiro atoms. The first kappa shape index (κ1) is 11.6. The van der Waals surface area contributed by atoms with Gasteiger partial charge in [0.15, 0.2) is 0 Å². The molecule has 1 unspecified atom stereocenters. The van der Waals surface area contributed by atoms with Crippen LogP contribution >= 0.6 is 0 Å². The van der Waals surface area contributed by atoms with Crippen molar-refractivity contribution < 1.29 is 9.59 Å². The van der Waals surface area contributed by atoms with Crippen LogP contribution in [0.1, 0.15) is 18.9 Å². The van der Waals surface area contributed by atoms with Gasteiger partial charge in [0.05, 0.1) is 5.69 Å². The molecule has 17 heavy (non-hydrogen) atoms. The van der Waals surface area contributed by atoms with Gasteiger partial charge in [0.1, 0.15) is 0 Å². The number of anilines is 1. The monoisotopic (exact) mass is 232 g/mol. The summed E-state index contributed by atoms with van der Waals surface area (Å²) in [6.07, 6.45) is 0.687. The minimum absolute atomic E-state index is 0.130. The van der Waals surface area contributed by atoms with Crippen molar-refractivity contribution >= 4 is 17.6 Å². The molecule has 1 atom stereocenters. The Hall–Kier alpha value is -1.84. The first-order valence-corrected chi connectivity index (χ1v) is 5.78. The molecule has 1 aliphatic heterocycles. The summed E-state index contributed by atoms with van der Waals surface area (Å²) in [7, 11) is 0. The number of hydrogen-bond donors (Lipinski definition) is 1. The predicted octanol–water partition coefficient (Wildman–Crippen LogP) is 2.08. The highest BCUT2D eigenvalue weighted by atomic mass is 16.2. The predicted molar refractivity (Wildman–Crippen MR) is 65.8 cm³/mol. The summed E-state index contributed by atoms with van der Waals surface area (Å²) in [6.45, 7) is 4.34. The van der Waals surface area contributed by atoms with Gasteiger partial charge in [-0.3, -0.25) is 4.79 Å². The minimum atomic E-state index is -0.329. The third-order valence-electron chi connectivity index (χ3n) is 2.96. The second-order valence-electron chi connectivity index (χ2n) is 4.43. The molecule has 1 aromatic rings. The maximum atomic E-state index is 12.1. The molecule has 4 heteroatoms. The molecule has 0 aliphatic carbocycles. The number of imide groups is 1. The molecule has 1 saturated heterocycles. The van der Waals surface area contributed by atoms with Gasteiger partial charge in [-0.15, -0.1) is 0 Å². The number of carbonyl (C=O) groups is 2. The Kier molecular flexibility index (Phi) is 3.13. The van der Waals surface area contributed by atoms with Crippen molar-refractivity contribution in [2.45, 2.75) is 20.3 Å². The average molecular weight is 232 g/mol. The van der Waals surface area contributed by atoms with Crippen molar-refractivity contribution in [3.05, 3.63) is 29.8 Å². The van der Waals surface area contributed by atoms with Crippen molar-refractivity contribution in [1.29, 1.82) is 0 Å². The van der Waals surface area contributed by atoms with E-state index in [1.54, 1.807) is 6.07 Å². The van der Waals surface area contributed by atoms with Crippen LogP contribution in [0.5, 0.6) is 0 Å². The SMILES string of the molecule is Cc1cccc(N2C(=O)NCCC(C)C2=O)c1. The number of carbonyl (C=O) groups excluding carboxylic acids is 2. The standard InChI is InChI=1S/C13H16N2O2/c1-9-4-3-5-11(8-9)15-12(16)10(2)6-7-14-13(15)17/h3-5,8,10H,6-7H2,1-2H3,(H,14,17). The molecule has 90 valence electrons. The summed E-state index contributed by atoms with van der Waals surface area (Å²) >= 11 is 0. The van der Waals surface area contributed by atoms with Gasteiger partial charge >= 0.3 is 6.03 Å². The second kappa shape index (κ2) is 4.57.